The van der Waals surface area contributed by atoms with Gasteiger partial charge in [-0.2, -0.15) is 0 Å². The molecule has 72 valence electrons. The van der Waals surface area contributed by atoms with Crippen LogP contribution < -0.4 is 0 Å². The van der Waals surface area contributed by atoms with E-state index in [0.717, 1.165) is 19.4 Å². The van der Waals surface area contributed by atoms with E-state index in [-0.39, 0.29) is 6.10 Å². The summed E-state index contributed by atoms with van der Waals surface area (Å²) in [6, 6.07) is 0. The third kappa shape index (κ3) is 4.07. The lowest BCUT2D eigenvalue weighted by atomic mass is 10.1. The molecule has 1 fully saturated rings. The summed E-state index contributed by atoms with van der Waals surface area (Å²) in [5, 5.41) is 9.01. The van der Waals surface area contributed by atoms with Crippen molar-refractivity contribution in [3.8, 4) is 0 Å². The Kier molecular flexibility index (Phi) is 4.62. The van der Waals surface area contributed by atoms with Gasteiger partial charge in [0.25, 0.3) is 0 Å². The van der Waals surface area contributed by atoms with Crippen molar-refractivity contribution in [2.75, 3.05) is 6.61 Å². The molecule has 1 heterocycles. The Morgan fingerprint density at radius 1 is 1.50 bits per heavy atom. The lowest BCUT2D eigenvalue weighted by Gasteiger charge is -2.08. The van der Waals surface area contributed by atoms with E-state index in [1.807, 2.05) is 6.92 Å². The second kappa shape index (κ2) is 5.55. The number of hydrogen-bond donors (Lipinski definition) is 1. The van der Waals surface area contributed by atoms with E-state index in [2.05, 4.69) is 0 Å². The van der Waals surface area contributed by atoms with Crippen LogP contribution in [-0.2, 0) is 4.74 Å². The first-order valence-corrected chi connectivity index (χ1v) is 5.08. The number of ether oxygens (including phenoxy) is 1. The van der Waals surface area contributed by atoms with Gasteiger partial charge in [0.1, 0.15) is 0 Å². The number of aliphatic hydroxyl groups is 1. The molecule has 0 aromatic carbocycles. The van der Waals surface area contributed by atoms with E-state index < -0.39 is 0 Å². The Bertz CT molecular complexity index is 106. The number of aliphatic hydroxyl groups excluding tert-OH is 1. The van der Waals surface area contributed by atoms with Crippen LogP contribution in [0.3, 0.4) is 0 Å². The molecular weight excluding hydrogens is 152 g/mol. The van der Waals surface area contributed by atoms with E-state index in [4.69, 9.17) is 9.84 Å². The number of hydrogen-bond acceptors (Lipinski definition) is 2. The van der Waals surface area contributed by atoms with Crippen molar-refractivity contribution in [1.29, 1.82) is 0 Å². The molecule has 1 aliphatic rings. The van der Waals surface area contributed by atoms with Crippen LogP contribution in [0.15, 0.2) is 0 Å². The number of rotatable bonds is 5. The smallest absolute Gasteiger partial charge is 0.0576 e. The topological polar surface area (TPSA) is 29.5 Å². The lowest BCUT2D eigenvalue weighted by Crippen LogP contribution is -2.05. The second-order valence-corrected chi connectivity index (χ2v) is 3.77. The second-order valence-electron chi connectivity index (χ2n) is 3.77. The minimum Gasteiger partial charge on any atom is -0.393 e. The van der Waals surface area contributed by atoms with Crippen molar-refractivity contribution in [1.82, 2.24) is 0 Å². The molecule has 0 bridgehead atoms. The highest BCUT2D eigenvalue weighted by molar-refractivity contribution is 4.64. The Morgan fingerprint density at radius 2 is 2.33 bits per heavy atom. The molecular formula is C10H20O2. The molecule has 0 radical (unpaired) electrons. The Morgan fingerprint density at radius 3 is 2.92 bits per heavy atom. The minimum atomic E-state index is -0.130. The van der Waals surface area contributed by atoms with Gasteiger partial charge < -0.3 is 9.84 Å². The molecule has 0 amide bonds. The highest BCUT2D eigenvalue weighted by Crippen LogP contribution is 2.18. The zero-order chi connectivity index (χ0) is 8.81. The van der Waals surface area contributed by atoms with Gasteiger partial charge in [-0.3, -0.25) is 0 Å². The molecule has 0 unspecified atom stereocenters. The molecule has 0 saturated carbocycles. The molecule has 1 saturated heterocycles. The Hall–Kier alpha value is -0.0800. The van der Waals surface area contributed by atoms with Crippen molar-refractivity contribution in [3.05, 3.63) is 0 Å². The first-order valence-electron chi connectivity index (χ1n) is 5.08. The predicted octanol–water partition coefficient (Wildman–Crippen LogP) is 2.11. The zero-order valence-electron chi connectivity index (χ0n) is 7.96. The first-order chi connectivity index (χ1) is 5.79. The standard InChI is InChI=1S/C10H20O2/c1-9(11)5-2-3-6-10-7-4-8-12-10/h9-11H,2-8H2,1H3/t9-,10+/m0/s1. The van der Waals surface area contributed by atoms with E-state index in [1.54, 1.807) is 0 Å². The summed E-state index contributed by atoms with van der Waals surface area (Å²) in [5.41, 5.74) is 0. The molecule has 0 aliphatic carbocycles. The Balaban J connectivity index is 1.88. The Labute approximate surface area is 74.9 Å². The van der Waals surface area contributed by atoms with Crippen LogP contribution in [0.25, 0.3) is 0 Å². The predicted molar refractivity (Wildman–Crippen MR) is 49.1 cm³/mol. The summed E-state index contributed by atoms with van der Waals surface area (Å²) < 4.78 is 5.50. The maximum atomic E-state index is 9.01. The molecule has 2 nitrogen and oxygen atoms in total. The molecule has 0 aromatic heterocycles. The third-order valence-electron chi connectivity index (χ3n) is 2.42. The van der Waals surface area contributed by atoms with E-state index in [0.29, 0.717) is 6.10 Å². The summed E-state index contributed by atoms with van der Waals surface area (Å²) >= 11 is 0. The van der Waals surface area contributed by atoms with Crippen molar-refractivity contribution in [2.45, 2.75) is 57.7 Å². The summed E-state index contributed by atoms with van der Waals surface area (Å²) in [6.07, 6.45) is 7.34. The van der Waals surface area contributed by atoms with Crippen LogP contribution in [0, 0.1) is 0 Å². The summed E-state index contributed by atoms with van der Waals surface area (Å²) in [7, 11) is 0. The monoisotopic (exact) mass is 172 g/mol. The van der Waals surface area contributed by atoms with Gasteiger partial charge in [-0.05, 0) is 32.6 Å². The van der Waals surface area contributed by atoms with Crippen LogP contribution in [0.1, 0.15) is 45.4 Å². The zero-order valence-corrected chi connectivity index (χ0v) is 7.96. The van der Waals surface area contributed by atoms with Crippen LogP contribution in [-0.4, -0.2) is 23.9 Å². The largest absolute Gasteiger partial charge is 0.393 e. The SMILES string of the molecule is C[C@H](O)CCCC[C@@H]1CCCO1. The van der Waals surface area contributed by atoms with E-state index in [9.17, 15) is 0 Å². The fraction of sp³-hybridized carbons (Fsp3) is 1.00. The van der Waals surface area contributed by atoms with Crippen LogP contribution >= 0.6 is 0 Å². The highest BCUT2D eigenvalue weighted by atomic mass is 16.5. The van der Waals surface area contributed by atoms with Gasteiger partial charge >= 0.3 is 0 Å². The van der Waals surface area contributed by atoms with Gasteiger partial charge in [-0.1, -0.05) is 12.8 Å². The average Bonchev–Trinajstić information content (AvgIpc) is 2.49. The average molecular weight is 172 g/mol. The van der Waals surface area contributed by atoms with Gasteiger partial charge in [0.05, 0.1) is 12.2 Å². The van der Waals surface area contributed by atoms with Crippen LogP contribution in [0.5, 0.6) is 0 Å². The lowest BCUT2D eigenvalue weighted by molar-refractivity contribution is 0.0999. The molecule has 2 atom stereocenters. The molecule has 2 heteroatoms. The summed E-state index contributed by atoms with van der Waals surface area (Å²) in [4.78, 5) is 0. The quantitative estimate of drug-likeness (QED) is 0.643. The van der Waals surface area contributed by atoms with Gasteiger partial charge in [0, 0.05) is 6.61 Å². The summed E-state index contributed by atoms with van der Waals surface area (Å²) in [6.45, 7) is 2.81. The van der Waals surface area contributed by atoms with E-state index in [1.165, 1.54) is 25.7 Å². The van der Waals surface area contributed by atoms with Gasteiger partial charge in [0.15, 0.2) is 0 Å². The third-order valence-corrected chi connectivity index (χ3v) is 2.42. The van der Waals surface area contributed by atoms with Crippen molar-refractivity contribution < 1.29 is 9.84 Å². The van der Waals surface area contributed by atoms with Crippen LogP contribution in [0.2, 0.25) is 0 Å². The molecule has 1 aliphatic heterocycles. The van der Waals surface area contributed by atoms with Gasteiger partial charge in [-0.15, -0.1) is 0 Å². The first kappa shape index (κ1) is 10.0. The van der Waals surface area contributed by atoms with Crippen molar-refractivity contribution in [3.63, 3.8) is 0 Å². The minimum absolute atomic E-state index is 0.130. The molecule has 12 heavy (non-hydrogen) atoms. The fourth-order valence-corrected chi connectivity index (χ4v) is 1.68. The van der Waals surface area contributed by atoms with Gasteiger partial charge in [-0.25, -0.2) is 0 Å². The normalized spacial score (nSPS) is 26.0. The molecule has 0 spiro atoms. The number of unbranched alkanes of at least 4 members (excludes halogenated alkanes) is 1. The molecule has 0 aromatic rings. The highest BCUT2D eigenvalue weighted by Gasteiger charge is 2.14. The molecule has 1 N–H and O–H groups in total. The summed E-state index contributed by atoms with van der Waals surface area (Å²) in [5.74, 6) is 0. The van der Waals surface area contributed by atoms with Crippen molar-refractivity contribution >= 4 is 0 Å². The van der Waals surface area contributed by atoms with Crippen molar-refractivity contribution in [2.24, 2.45) is 0 Å². The fourth-order valence-electron chi connectivity index (χ4n) is 1.68. The molecule has 1 rings (SSSR count). The van der Waals surface area contributed by atoms with Gasteiger partial charge in [0.2, 0.25) is 0 Å². The maximum Gasteiger partial charge on any atom is 0.0576 e. The maximum absolute atomic E-state index is 9.01. The van der Waals surface area contributed by atoms with Crippen LogP contribution in [0.4, 0.5) is 0 Å². The van der Waals surface area contributed by atoms with E-state index >= 15 is 0 Å².